The molecule has 2 aromatic rings. The highest BCUT2D eigenvalue weighted by atomic mass is 16.6. The molecule has 0 radical (unpaired) electrons. The standard InChI is InChI=1S/C19H19N5O3/c1-2-4-18-17(13-21-12-14-5-3-10-20-11-14)19(25)23(22-18)15-6-8-16(9-7-15)24(26)27/h3,5-11,13,17H,2,4,12H2,1H3/t17-/m1/s1. The van der Waals surface area contributed by atoms with Gasteiger partial charge in [-0.2, -0.15) is 10.1 Å². The molecule has 1 aliphatic rings. The van der Waals surface area contributed by atoms with Crippen LogP contribution in [0.25, 0.3) is 0 Å². The number of nitro groups is 1. The maximum atomic E-state index is 12.8. The number of carbonyl (C=O) groups excluding carboxylic acids is 1. The van der Waals surface area contributed by atoms with E-state index in [0.717, 1.165) is 17.7 Å². The average molecular weight is 365 g/mol. The molecule has 0 N–H and O–H groups in total. The number of nitrogens with zero attached hydrogens (tertiary/aromatic N) is 5. The third kappa shape index (κ3) is 4.22. The number of pyridine rings is 1. The lowest BCUT2D eigenvalue weighted by Gasteiger charge is -2.12. The first-order valence-corrected chi connectivity index (χ1v) is 8.64. The second-order valence-electron chi connectivity index (χ2n) is 6.09. The van der Waals surface area contributed by atoms with Gasteiger partial charge in [0.25, 0.3) is 11.6 Å². The molecule has 3 rings (SSSR count). The number of anilines is 1. The molecule has 0 bridgehead atoms. The highest BCUT2D eigenvalue weighted by Gasteiger charge is 2.35. The fraction of sp³-hybridized carbons (Fsp3) is 0.263. The zero-order valence-electron chi connectivity index (χ0n) is 14.9. The van der Waals surface area contributed by atoms with Gasteiger partial charge in [-0.25, -0.2) is 0 Å². The Morgan fingerprint density at radius 1 is 1.30 bits per heavy atom. The van der Waals surface area contributed by atoms with E-state index in [-0.39, 0.29) is 11.6 Å². The van der Waals surface area contributed by atoms with Crippen molar-refractivity contribution < 1.29 is 9.72 Å². The first-order valence-electron chi connectivity index (χ1n) is 8.64. The van der Waals surface area contributed by atoms with Crippen molar-refractivity contribution in [2.24, 2.45) is 16.0 Å². The van der Waals surface area contributed by atoms with Crippen molar-refractivity contribution >= 4 is 29.2 Å². The van der Waals surface area contributed by atoms with E-state index >= 15 is 0 Å². The van der Waals surface area contributed by atoms with Gasteiger partial charge in [-0.15, -0.1) is 0 Å². The van der Waals surface area contributed by atoms with E-state index in [4.69, 9.17) is 0 Å². The SMILES string of the molecule is CCCC1=NN(c2ccc([N+](=O)[O-])cc2)C(=O)[C@@H]1C=NCc1cccnc1. The molecule has 2 heterocycles. The van der Waals surface area contributed by atoms with Gasteiger partial charge in [0.2, 0.25) is 0 Å². The van der Waals surface area contributed by atoms with E-state index in [1.807, 2.05) is 19.1 Å². The van der Waals surface area contributed by atoms with Crippen LogP contribution in [-0.4, -0.2) is 27.7 Å². The van der Waals surface area contributed by atoms with Crippen molar-refractivity contribution in [2.75, 3.05) is 5.01 Å². The van der Waals surface area contributed by atoms with Gasteiger partial charge in [0.15, 0.2) is 0 Å². The number of amides is 1. The number of rotatable bonds is 7. The summed E-state index contributed by atoms with van der Waals surface area (Å²) in [6.07, 6.45) is 6.60. The Morgan fingerprint density at radius 2 is 2.07 bits per heavy atom. The van der Waals surface area contributed by atoms with Crippen LogP contribution in [0.5, 0.6) is 0 Å². The van der Waals surface area contributed by atoms with E-state index in [9.17, 15) is 14.9 Å². The number of carbonyl (C=O) groups is 1. The minimum Gasteiger partial charge on any atom is -0.291 e. The van der Waals surface area contributed by atoms with Crippen LogP contribution in [0, 0.1) is 16.0 Å². The molecule has 8 heteroatoms. The van der Waals surface area contributed by atoms with E-state index in [0.29, 0.717) is 18.7 Å². The van der Waals surface area contributed by atoms with Crippen molar-refractivity contribution in [3.8, 4) is 0 Å². The molecule has 27 heavy (non-hydrogen) atoms. The van der Waals surface area contributed by atoms with Crippen LogP contribution in [0.1, 0.15) is 25.3 Å². The highest BCUT2D eigenvalue weighted by molar-refractivity contribution is 6.24. The molecular weight excluding hydrogens is 346 g/mol. The van der Waals surface area contributed by atoms with Crippen LogP contribution in [0.4, 0.5) is 11.4 Å². The fourth-order valence-electron chi connectivity index (χ4n) is 2.78. The largest absolute Gasteiger partial charge is 0.291 e. The van der Waals surface area contributed by atoms with Gasteiger partial charge < -0.3 is 0 Å². The summed E-state index contributed by atoms with van der Waals surface area (Å²) >= 11 is 0. The molecule has 0 fully saturated rings. The molecular formula is C19H19N5O3. The summed E-state index contributed by atoms with van der Waals surface area (Å²) in [5, 5.41) is 16.5. The molecule has 0 spiro atoms. The lowest BCUT2D eigenvalue weighted by atomic mass is 10.0. The lowest BCUT2D eigenvalue weighted by molar-refractivity contribution is -0.384. The van der Waals surface area contributed by atoms with Crippen LogP contribution < -0.4 is 5.01 Å². The molecule has 0 aliphatic carbocycles. The fourth-order valence-corrected chi connectivity index (χ4v) is 2.78. The second kappa shape index (κ2) is 8.31. The predicted molar refractivity (Wildman–Crippen MR) is 103 cm³/mol. The topological polar surface area (TPSA) is 101 Å². The number of aliphatic imine (C=N–C) groups is 1. The molecule has 0 unspecified atom stereocenters. The Hall–Kier alpha value is -3.42. The van der Waals surface area contributed by atoms with Gasteiger partial charge in [-0.05, 0) is 30.2 Å². The number of hydrogen-bond donors (Lipinski definition) is 0. The van der Waals surface area contributed by atoms with Crippen LogP contribution >= 0.6 is 0 Å². The maximum Gasteiger partial charge on any atom is 0.269 e. The Labute approximate surface area is 156 Å². The first kappa shape index (κ1) is 18.4. The van der Waals surface area contributed by atoms with Crippen molar-refractivity contribution in [3.63, 3.8) is 0 Å². The van der Waals surface area contributed by atoms with Gasteiger partial charge in [0.1, 0.15) is 5.92 Å². The van der Waals surface area contributed by atoms with Gasteiger partial charge in [-0.3, -0.25) is 24.9 Å². The molecule has 0 saturated carbocycles. The second-order valence-corrected chi connectivity index (χ2v) is 6.09. The normalized spacial score (nSPS) is 16.8. The van der Waals surface area contributed by atoms with Crippen LogP contribution in [0.15, 0.2) is 58.9 Å². The summed E-state index contributed by atoms with van der Waals surface area (Å²) in [7, 11) is 0. The first-order chi connectivity index (χ1) is 13.1. The lowest BCUT2D eigenvalue weighted by Crippen LogP contribution is -2.28. The van der Waals surface area contributed by atoms with Crippen LogP contribution in [0.2, 0.25) is 0 Å². The Balaban J connectivity index is 1.78. The molecule has 1 amide bonds. The molecule has 1 aromatic carbocycles. The monoisotopic (exact) mass is 365 g/mol. The number of hydrazone groups is 1. The molecule has 1 aromatic heterocycles. The Bertz CT molecular complexity index is 878. The molecule has 0 saturated heterocycles. The third-order valence-electron chi connectivity index (χ3n) is 4.12. The Kier molecular flexibility index (Phi) is 5.65. The van der Waals surface area contributed by atoms with Gasteiger partial charge in [0, 0.05) is 30.7 Å². The Morgan fingerprint density at radius 3 is 2.70 bits per heavy atom. The average Bonchev–Trinajstić information content (AvgIpc) is 2.99. The van der Waals surface area contributed by atoms with Crippen molar-refractivity contribution in [1.82, 2.24) is 4.98 Å². The van der Waals surface area contributed by atoms with E-state index in [1.54, 1.807) is 18.6 Å². The summed E-state index contributed by atoms with van der Waals surface area (Å²) in [5.41, 5.74) is 2.18. The number of aromatic nitrogens is 1. The zero-order chi connectivity index (χ0) is 19.2. The molecule has 1 atom stereocenters. The van der Waals surface area contributed by atoms with Gasteiger partial charge >= 0.3 is 0 Å². The smallest absolute Gasteiger partial charge is 0.269 e. The predicted octanol–water partition coefficient (Wildman–Crippen LogP) is 3.38. The summed E-state index contributed by atoms with van der Waals surface area (Å²) in [5.74, 6) is -0.723. The molecule has 8 nitrogen and oxygen atoms in total. The number of non-ortho nitro benzene ring substituents is 1. The van der Waals surface area contributed by atoms with E-state index in [2.05, 4.69) is 15.1 Å². The third-order valence-corrected chi connectivity index (χ3v) is 4.12. The number of hydrogen-bond acceptors (Lipinski definition) is 6. The summed E-state index contributed by atoms with van der Waals surface area (Å²) < 4.78 is 0. The van der Waals surface area contributed by atoms with Gasteiger partial charge in [0.05, 0.1) is 22.9 Å². The summed E-state index contributed by atoms with van der Waals surface area (Å²) in [6, 6.07) is 9.54. The van der Waals surface area contributed by atoms with Crippen molar-refractivity contribution in [2.45, 2.75) is 26.3 Å². The van der Waals surface area contributed by atoms with Gasteiger partial charge in [-0.1, -0.05) is 19.4 Å². The molecule has 138 valence electrons. The summed E-state index contributed by atoms with van der Waals surface area (Å²) in [4.78, 5) is 31.6. The van der Waals surface area contributed by atoms with Crippen LogP contribution in [0.3, 0.4) is 0 Å². The van der Waals surface area contributed by atoms with Crippen LogP contribution in [-0.2, 0) is 11.3 Å². The zero-order valence-corrected chi connectivity index (χ0v) is 14.9. The number of nitro benzene ring substituents is 1. The molecule has 1 aliphatic heterocycles. The minimum absolute atomic E-state index is 0.0299. The number of benzene rings is 1. The van der Waals surface area contributed by atoms with E-state index < -0.39 is 10.8 Å². The highest BCUT2D eigenvalue weighted by Crippen LogP contribution is 2.26. The quantitative estimate of drug-likeness (QED) is 0.426. The van der Waals surface area contributed by atoms with E-state index in [1.165, 1.54) is 29.3 Å². The van der Waals surface area contributed by atoms with Crippen molar-refractivity contribution in [1.29, 1.82) is 0 Å². The minimum atomic E-state index is -0.517. The summed E-state index contributed by atoms with van der Waals surface area (Å²) in [6.45, 7) is 2.46. The maximum absolute atomic E-state index is 12.8. The van der Waals surface area contributed by atoms with Crippen molar-refractivity contribution in [3.05, 3.63) is 64.5 Å².